The zero-order valence-electron chi connectivity index (χ0n) is 17.5. The van der Waals surface area contributed by atoms with E-state index in [1.54, 1.807) is 48.9 Å². The summed E-state index contributed by atoms with van der Waals surface area (Å²) in [6.45, 7) is 1.83. The number of hydrogen-bond acceptors (Lipinski definition) is 8. The van der Waals surface area contributed by atoms with E-state index >= 15 is 0 Å². The highest BCUT2D eigenvalue weighted by atomic mass is 32.2. The Balaban J connectivity index is 1.75. The molecule has 1 aromatic heterocycles. The van der Waals surface area contributed by atoms with Gasteiger partial charge in [-0.1, -0.05) is 17.2 Å². The van der Waals surface area contributed by atoms with Crippen molar-refractivity contribution in [3.8, 4) is 11.5 Å². The maximum Gasteiger partial charge on any atom is 0.255 e. The number of nitrogens with zero attached hydrogens (tertiary/aromatic N) is 4. The minimum Gasteiger partial charge on any atom is -0.497 e. The van der Waals surface area contributed by atoms with Crippen molar-refractivity contribution in [1.29, 1.82) is 0 Å². The van der Waals surface area contributed by atoms with Gasteiger partial charge in [0, 0.05) is 16.7 Å². The van der Waals surface area contributed by atoms with Gasteiger partial charge >= 0.3 is 0 Å². The number of nitrogens with one attached hydrogen (secondary N) is 2. The Bertz CT molecular complexity index is 1140. The summed E-state index contributed by atoms with van der Waals surface area (Å²) in [5.74, 6) is 1.32. The van der Waals surface area contributed by atoms with Crippen LogP contribution in [0.15, 0.2) is 58.6 Å². The van der Waals surface area contributed by atoms with E-state index < -0.39 is 6.04 Å². The molecule has 0 saturated heterocycles. The second-order valence-electron chi connectivity index (χ2n) is 6.81. The number of benzene rings is 2. The summed E-state index contributed by atoms with van der Waals surface area (Å²) in [5.41, 5.74) is 2.57. The molecule has 2 N–H and O–H groups in total. The number of thioether (sulfide) groups is 1. The van der Waals surface area contributed by atoms with Crippen LogP contribution in [-0.2, 0) is 4.79 Å². The molecule has 3 aromatic rings. The number of rotatable bonds is 6. The van der Waals surface area contributed by atoms with Crippen molar-refractivity contribution >= 4 is 29.3 Å². The van der Waals surface area contributed by atoms with Gasteiger partial charge < -0.3 is 20.1 Å². The number of carbonyl (C=O) groups excluding carboxylic acids is 1. The summed E-state index contributed by atoms with van der Waals surface area (Å²) >= 11 is 1.65. The predicted octanol–water partition coefficient (Wildman–Crippen LogP) is 3.34. The molecular weight excluding hydrogens is 416 g/mol. The van der Waals surface area contributed by atoms with E-state index in [0.29, 0.717) is 34.4 Å². The molecule has 0 saturated carbocycles. The molecule has 2 aromatic carbocycles. The number of aromatic nitrogens is 4. The van der Waals surface area contributed by atoms with E-state index in [0.717, 1.165) is 10.5 Å². The monoisotopic (exact) mass is 438 g/mol. The highest BCUT2D eigenvalue weighted by Crippen LogP contribution is 2.36. The van der Waals surface area contributed by atoms with Gasteiger partial charge in [0.2, 0.25) is 5.95 Å². The van der Waals surface area contributed by atoms with Gasteiger partial charge in [0.15, 0.2) is 0 Å². The molecule has 4 rings (SSSR count). The third-order valence-corrected chi connectivity index (χ3v) is 5.79. The Morgan fingerprint density at radius 2 is 1.94 bits per heavy atom. The first-order valence-corrected chi connectivity index (χ1v) is 10.7. The molecule has 1 aliphatic heterocycles. The summed E-state index contributed by atoms with van der Waals surface area (Å²) < 4.78 is 12.3. The topological polar surface area (TPSA) is 103 Å². The van der Waals surface area contributed by atoms with Gasteiger partial charge in [-0.15, -0.1) is 11.8 Å². The Morgan fingerprint density at radius 3 is 2.61 bits per heavy atom. The first-order chi connectivity index (χ1) is 15.0. The SMILES string of the molecule is COc1ccc(OC)c(NC(=O)C2=C(C)Nc3nnnn3C2c2ccc(SC)cc2)c1. The first kappa shape index (κ1) is 20.7. The fraction of sp³-hybridized carbons (Fsp3) is 0.238. The Labute approximate surface area is 183 Å². The smallest absolute Gasteiger partial charge is 0.255 e. The lowest BCUT2D eigenvalue weighted by Crippen LogP contribution is -2.31. The maximum absolute atomic E-state index is 13.5. The summed E-state index contributed by atoms with van der Waals surface area (Å²) in [6, 6.07) is 12.7. The van der Waals surface area contributed by atoms with E-state index in [9.17, 15) is 4.79 Å². The van der Waals surface area contributed by atoms with Crippen molar-refractivity contribution in [2.45, 2.75) is 17.9 Å². The molecule has 0 radical (unpaired) electrons. The molecule has 1 aliphatic rings. The molecule has 0 aliphatic carbocycles. The number of amides is 1. The van der Waals surface area contributed by atoms with Crippen molar-refractivity contribution in [2.75, 3.05) is 31.1 Å². The van der Waals surface area contributed by atoms with Crippen LogP contribution in [-0.4, -0.2) is 46.6 Å². The molecule has 9 nitrogen and oxygen atoms in total. The second-order valence-corrected chi connectivity index (χ2v) is 7.69. The quantitative estimate of drug-likeness (QED) is 0.565. The number of methoxy groups -OCH3 is 2. The van der Waals surface area contributed by atoms with Crippen LogP contribution in [0.5, 0.6) is 11.5 Å². The summed E-state index contributed by atoms with van der Waals surface area (Å²) in [7, 11) is 3.12. The van der Waals surface area contributed by atoms with Crippen LogP contribution >= 0.6 is 11.8 Å². The van der Waals surface area contributed by atoms with Gasteiger partial charge in [-0.05, 0) is 53.4 Å². The predicted molar refractivity (Wildman–Crippen MR) is 119 cm³/mol. The molecule has 10 heteroatoms. The highest BCUT2D eigenvalue weighted by molar-refractivity contribution is 7.98. The molecular formula is C21H22N6O3S. The van der Waals surface area contributed by atoms with Gasteiger partial charge in [0.25, 0.3) is 5.91 Å². The van der Waals surface area contributed by atoms with Gasteiger partial charge in [-0.25, -0.2) is 0 Å². The average molecular weight is 439 g/mol. The largest absolute Gasteiger partial charge is 0.497 e. The molecule has 0 bridgehead atoms. The van der Waals surface area contributed by atoms with Crippen LogP contribution in [0, 0.1) is 0 Å². The number of anilines is 2. The normalized spacial score (nSPS) is 15.2. The average Bonchev–Trinajstić information content (AvgIpc) is 3.26. The lowest BCUT2D eigenvalue weighted by Gasteiger charge is -2.28. The third-order valence-electron chi connectivity index (χ3n) is 5.05. The summed E-state index contributed by atoms with van der Waals surface area (Å²) in [5, 5.41) is 18.0. The third kappa shape index (κ3) is 3.93. The van der Waals surface area contributed by atoms with Crippen molar-refractivity contribution in [2.24, 2.45) is 0 Å². The maximum atomic E-state index is 13.5. The van der Waals surface area contributed by atoms with Crippen molar-refractivity contribution in [3.63, 3.8) is 0 Å². The van der Waals surface area contributed by atoms with Crippen LogP contribution in [0.3, 0.4) is 0 Å². The molecule has 160 valence electrons. The lowest BCUT2D eigenvalue weighted by molar-refractivity contribution is -0.113. The van der Waals surface area contributed by atoms with E-state index in [1.807, 2.05) is 37.4 Å². The van der Waals surface area contributed by atoms with Crippen LogP contribution in [0.1, 0.15) is 18.5 Å². The molecule has 1 amide bonds. The van der Waals surface area contributed by atoms with Crippen molar-refractivity contribution in [3.05, 3.63) is 59.3 Å². The minimum atomic E-state index is -0.487. The molecule has 0 spiro atoms. The van der Waals surface area contributed by atoms with E-state index in [4.69, 9.17) is 9.47 Å². The molecule has 0 fully saturated rings. The Kier molecular flexibility index (Phi) is 5.81. The zero-order chi connectivity index (χ0) is 22.0. The van der Waals surface area contributed by atoms with Crippen molar-refractivity contribution < 1.29 is 14.3 Å². The van der Waals surface area contributed by atoms with Gasteiger partial charge in [0.05, 0.1) is 25.5 Å². The fourth-order valence-electron chi connectivity index (χ4n) is 3.50. The Hall–Kier alpha value is -3.53. The zero-order valence-corrected chi connectivity index (χ0v) is 18.4. The van der Waals surface area contributed by atoms with Crippen LogP contribution in [0.25, 0.3) is 0 Å². The van der Waals surface area contributed by atoms with E-state index in [-0.39, 0.29) is 5.91 Å². The molecule has 2 heterocycles. The standard InChI is InChI=1S/C21H22N6O3S/c1-12-18(20(28)23-16-11-14(29-2)7-10-17(16)30-3)19(27-21(22-12)24-25-26-27)13-5-8-15(31-4)9-6-13/h5-11,19H,1-4H3,(H,23,28)(H,22,24,26). The second kappa shape index (κ2) is 8.68. The van der Waals surface area contributed by atoms with Crippen LogP contribution < -0.4 is 20.1 Å². The molecule has 1 atom stereocenters. The Morgan fingerprint density at radius 1 is 1.16 bits per heavy atom. The lowest BCUT2D eigenvalue weighted by atomic mass is 9.95. The highest BCUT2D eigenvalue weighted by Gasteiger charge is 2.34. The van der Waals surface area contributed by atoms with Crippen molar-refractivity contribution in [1.82, 2.24) is 20.2 Å². The molecule has 31 heavy (non-hydrogen) atoms. The van der Waals surface area contributed by atoms with Crippen LogP contribution in [0.2, 0.25) is 0 Å². The number of tetrazole rings is 1. The number of fused-ring (bicyclic) bond motifs is 1. The van der Waals surface area contributed by atoms with Gasteiger partial charge in [-0.3, -0.25) is 4.79 Å². The number of carbonyl (C=O) groups is 1. The number of allylic oxidation sites excluding steroid dienone is 1. The number of hydrogen-bond donors (Lipinski definition) is 2. The summed E-state index contributed by atoms with van der Waals surface area (Å²) in [6.07, 6.45) is 2.02. The first-order valence-electron chi connectivity index (χ1n) is 9.48. The summed E-state index contributed by atoms with van der Waals surface area (Å²) in [4.78, 5) is 14.6. The van der Waals surface area contributed by atoms with E-state index in [2.05, 4.69) is 26.2 Å². The van der Waals surface area contributed by atoms with Gasteiger partial charge in [-0.2, -0.15) is 4.68 Å². The van der Waals surface area contributed by atoms with Crippen LogP contribution in [0.4, 0.5) is 11.6 Å². The van der Waals surface area contributed by atoms with E-state index in [1.165, 1.54) is 0 Å². The number of ether oxygens (including phenoxy) is 2. The fourth-order valence-corrected chi connectivity index (χ4v) is 3.91. The molecule has 1 unspecified atom stereocenters. The van der Waals surface area contributed by atoms with Gasteiger partial charge in [0.1, 0.15) is 17.5 Å². The minimum absolute atomic E-state index is 0.295.